The van der Waals surface area contributed by atoms with E-state index in [1.165, 1.54) is 0 Å². The maximum Gasteiger partial charge on any atom is 0.333 e. The molecule has 2 unspecified atom stereocenters. The lowest BCUT2D eigenvalue weighted by Crippen LogP contribution is -2.43. The summed E-state index contributed by atoms with van der Waals surface area (Å²) in [5, 5.41) is 24.6. The number of hydrogen-bond donors (Lipinski definition) is 2. The third-order valence-electron chi connectivity index (χ3n) is 3.73. The van der Waals surface area contributed by atoms with Gasteiger partial charge in [-0.3, -0.25) is 10.1 Å². The zero-order valence-electron chi connectivity index (χ0n) is 12.2. The molecule has 0 saturated carbocycles. The quantitative estimate of drug-likeness (QED) is 0.615. The number of para-hydroxylation sites is 1. The fourth-order valence-electron chi connectivity index (χ4n) is 2.38. The number of anilines is 1. The minimum absolute atomic E-state index is 0.116. The van der Waals surface area contributed by atoms with Gasteiger partial charge in [0.05, 0.1) is 17.6 Å². The Morgan fingerprint density at radius 3 is 2.95 bits per heavy atom. The van der Waals surface area contributed by atoms with Crippen LogP contribution in [0.5, 0.6) is 5.75 Å². The summed E-state index contributed by atoms with van der Waals surface area (Å²) in [7, 11) is 0. The summed E-state index contributed by atoms with van der Waals surface area (Å²) >= 11 is 0. The Bertz CT molecular complexity index is 522. The van der Waals surface area contributed by atoms with Crippen molar-refractivity contribution in [3.8, 4) is 5.75 Å². The van der Waals surface area contributed by atoms with Crippen LogP contribution in [0.2, 0.25) is 0 Å². The standard InChI is InChI=1S/C14H20N2O5/c1-3-20-12-6-4-5-11(13(12)16(18)19)15-9-14(17)7-8-21-10(14)2/h4-6,10,15,17H,3,7-9H2,1-2H3. The van der Waals surface area contributed by atoms with Crippen molar-refractivity contribution < 1.29 is 19.5 Å². The average Bonchev–Trinajstić information content (AvgIpc) is 2.77. The number of ether oxygens (including phenoxy) is 2. The maximum atomic E-state index is 11.3. The van der Waals surface area contributed by atoms with Crippen LogP contribution in [0.1, 0.15) is 20.3 Å². The van der Waals surface area contributed by atoms with Crippen molar-refractivity contribution in [1.82, 2.24) is 0 Å². The molecule has 116 valence electrons. The smallest absolute Gasteiger partial charge is 0.333 e. The summed E-state index contributed by atoms with van der Waals surface area (Å²) in [6, 6.07) is 4.84. The van der Waals surface area contributed by atoms with Crippen LogP contribution in [-0.4, -0.2) is 41.5 Å². The first-order chi connectivity index (χ1) is 9.98. The summed E-state index contributed by atoms with van der Waals surface area (Å²) in [5.74, 6) is 0.218. The molecule has 1 saturated heterocycles. The molecule has 7 heteroatoms. The first-order valence-corrected chi connectivity index (χ1v) is 6.96. The zero-order valence-corrected chi connectivity index (χ0v) is 12.2. The molecule has 0 radical (unpaired) electrons. The zero-order chi connectivity index (χ0) is 15.5. The highest BCUT2D eigenvalue weighted by molar-refractivity contribution is 5.68. The Morgan fingerprint density at radius 2 is 2.38 bits per heavy atom. The Kier molecular flexibility index (Phi) is 4.64. The molecule has 1 heterocycles. The van der Waals surface area contributed by atoms with Gasteiger partial charge in [0.1, 0.15) is 11.3 Å². The number of benzene rings is 1. The number of nitro groups is 1. The second-order valence-corrected chi connectivity index (χ2v) is 5.06. The summed E-state index contributed by atoms with van der Waals surface area (Å²) in [5.41, 5.74) is -0.803. The van der Waals surface area contributed by atoms with Crippen molar-refractivity contribution in [3.05, 3.63) is 28.3 Å². The van der Waals surface area contributed by atoms with Crippen LogP contribution in [0.15, 0.2) is 18.2 Å². The van der Waals surface area contributed by atoms with Crippen molar-refractivity contribution in [2.75, 3.05) is 25.1 Å². The first kappa shape index (κ1) is 15.5. The Morgan fingerprint density at radius 1 is 1.62 bits per heavy atom. The second kappa shape index (κ2) is 6.28. The Labute approximate surface area is 123 Å². The molecule has 1 aromatic rings. The minimum atomic E-state index is -1.02. The molecule has 0 spiro atoms. The molecule has 1 aliphatic heterocycles. The molecule has 1 fully saturated rings. The molecule has 1 aliphatic rings. The summed E-state index contributed by atoms with van der Waals surface area (Å²) in [4.78, 5) is 10.8. The van der Waals surface area contributed by atoms with Gasteiger partial charge in [0.15, 0.2) is 5.75 Å². The number of rotatable bonds is 6. The molecular weight excluding hydrogens is 276 g/mol. The van der Waals surface area contributed by atoms with Gasteiger partial charge in [-0.25, -0.2) is 0 Å². The Balaban J connectivity index is 2.19. The second-order valence-electron chi connectivity index (χ2n) is 5.06. The van der Waals surface area contributed by atoms with Crippen LogP contribution < -0.4 is 10.1 Å². The van der Waals surface area contributed by atoms with Gasteiger partial charge in [-0.15, -0.1) is 0 Å². The van der Waals surface area contributed by atoms with Crippen LogP contribution in [0.3, 0.4) is 0 Å². The van der Waals surface area contributed by atoms with E-state index in [1.54, 1.807) is 32.0 Å². The summed E-state index contributed by atoms with van der Waals surface area (Å²) < 4.78 is 10.6. The molecule has 2 atom stereocenters. The van der Waals surface area contributed by atoms with Gasteiger partial charge in [-0.1, -0.05) is 6.07 Å². The molecule has 0 amide bonds. The lowest BCUT2D eigenvalue weighted by Gasteiger charge is -2.26. The molecule has 0 aromatic heterocycles. The summed E-state index contributed by atoms with van der Waals surface area (Å²) in [6.07, 6.45) is 0.194. The normalized spacial score (nSPS) is 24.8. The molecule has 7 nitrogen and oxygen atoms in total. The molecule has 0 aliphatic carbocycles. The van der Waals surface area contributed by atoms with E-state index in [0.717, 1.165) is 0 Å². The van der Waals surface area contributed by atoms with Crippen LogP contribution >= 0.6 is 0 Å². The highest BCUT2D eigenvalue weighted by Crippen LogP contribution is 2.35. The highest BCUT2D eigenvalue weighted by Gasteiger charge is 2.39. The van der Waals surface area contributed by atoms with E-state index in [-0.39, 0.29) is 24.1 Å². The van der Waals surface area contributed by atoms with Crippen molar-refractivity contribution in [2.24, 2.45) is 0 Å². The molecule has 1 aromatic carbocycles. The van der Waals surface area contributed by atoms with E-state index in [4.69, 9.17) is 9.47 Å². The third-order valence-corrected chi connectivity index (χ3v) is 3.73. The van der Waals surface area contributed by atoms with Gasteiger partial charge in [-0.2, -0.15) is 0 Å². The van der Waals surface area contributed by atoms with Gasteiger partial charge >= 0.3 is 5.69 Å². The molecule has 21 heavy (non-hydrogen) atoms. The van der Waals surface area contributed by atoms with Crippen LogP contribution in [0, 0.1) is 10.1 Å². The van der Waals surface area contributed by atoms with Gasteiger partial charge in [0, 0.05) is 19.6 Å². The number of nitro benzene ring substituents is 1. The van der Waals surface area contributed by atoms with E-state index in [0.29, 0.717) is 25.3 Å². The molecular formula is C14H20N2O5. The fourth-order valence-corrected chi connectivity index (χ4v) is 2.38. The van der Waals surface area contributed by atoms with E-state index in [2.05, 4.69) is 5.32 Å². The lowest BCUT2D eigenvalue weighted by molar-refractivity contribution is -0.384. The largest absolute Gasteiger partial charge is 0.487 e. The first-order valence-electron chi connectivity index (χ1n) is 6.96. The van der Waals surface area contributed by atoms with E-state index in [9.17, 15) is 15.2 Å². The predicted octanol–water partition coefficient (Wildman–Crippen LogP) is 1.95. The summed E-state index contributed by atoms with van der Waals surface area (Å²) in [6.45, 7) is 4.58. The van der Waals surface area contributed by atoms with Gasteiger partial charge in [0.25, 0.3) is 0 Å². The number of nitrogens with one attached hydrogen (secondary N) is 1. The van der Waals surface area contributed by atoms with E-state index in [1.807, 2.05) is 0 Å². The topological polar surface area (TPSA) is 93.9 Å². The Hall–Kier alpha value is -1.86. The maximum absolute atomic E-state index is 11.3. The SMILES string of the molecule is CCOc1cccc(NCC2(O)CCOC2C)c1[N+](=O)[O-]. The van der Waals surface area contributed by atoms with Gasteiger partial charge < -0.3 is 19.9 Å². The number of nitrogens with zero attached hydrogens (tertiary/aromatic N) is 1. The molecule has 2 N–H and O–H groups in total. The van der Waals surface area contributed by atoms with Crippen LogP contribution in [-0.2, 0) is 4.74 Å². The van der Waals surface area contributed by atoms with E-state index >= 15 is 0 Å². The molecule has 2 rings (SSSR count). The van der Waals surface area contributed by atoms with Crippen molar-refractivity contribution in [2.45, 2.75) is 32.0 Å². The number of hydrogen-bond acceptors (Lipinski definition) is 6. The van der Waals surface area contributed by atoms with Crippen molar-refractivity contribution >= 4 is 11.4 Å². The van der Waals surface area contributed by atoms with Crippen molar-refractivity contribution in [1.29, 1.82) is 0 Å². The molecule has 0 bridgehead atoms. The van der Waals surface area contributed by atoms with Gasteiger partial charge in [0.2, 0.25) is 0 Å². The van der Waals surface area contributed by atoms with Gasteiger partial charge in [-0.05, 0) is 26.0 Å². The average molecular weight is 296 g/mol. The predicted molar refractivity (Wildman–Crippen MR) is 77.7 cm³/mol. The van der Waals surface area contributed by atoms with E-state index < -0.39 is 10.5 Å². The lowest BCUT2D eigenvalue weighted by atomic mass is 9.96. The monoisotopic (exact) mass is 296 g/mol. The minimum Gasteiger partial charge on any atom is -0.487 e. The van der Waals surface area contributed by atoms with Crippen LogP contribution in [0.4, 0.5) is 11.4 Å². The van der Waals surface area contributed by atoms with Crippen LogP contribution in [0.25, 0.3) is 0 Å². The third kappa shape index (κ3) is 3.25. The van der Waals surface area contributed by atoms with Crippen molar-refractivity contribution in [3.63, 3.8) is 0 Å². The fraction of sp³-hybridized carbons (Fsp3) is 0.571. The number of aliphatic hydroxyl groups is 1. The highest BCUT2D eigenvalue weighted by atomic mass is 16.6.